The average Bonchev–Trinajstić information content (AvgIpc) is 3.17. The fraction of sp³-hybridized carbons (Fsp3) is 0.591. The Morgan fingerprint density at radius 1 is 1.10 bits per heavy atom. The highest BCUT2D eigenvalue weighted by Crippen LogP contribution is 2.18. The maximum atomic E-state index is 12.6. The lowest BCUT2D eigenvalue weighted by Crippen LogP contribution is -2.50. The molecular weight excluding hydrogens is 397 g/mol. The molecular formula is C22H34BN3O5. The molecule has 1 heterocycles. The molecule has 170 valence electrons. The summed E-state index contributed by atoms with van der Waals surface area (Å²) in [5.41, 5.74) is 1.53. The highest BCUT2D eigenvalue weighted by Gasteiger charge is 2.36. The number of amides is 2. The number of carbonyl (C=O) groups is 2. The molecule has 0 bridgehead atoms. The lowest BCUT2D eigenvalue weighted by atomic mass is 9.75. The van der Waals surface area contributed by atoms with Gasteiger partial charge in [0.1, 0.15) is 0 Å². The Labute approximate surface area is 184 Å². The first-order valence-corrected chi connectivity index (χ1v) is 10.9. The second-order valence-corrected chi connectivity index (χ2v) is 8.95. The molecule has 31 heavy (non-hydrogen) atoms. The monoisotopic (exact) mass is 431 g/mol. The summed E-state index contributed by atoms with van der Waals surface area (Å²) in [6.07, 6.45) is 0.741. The molecule has 0 aliphatic carbocycles. The van der Waals surface area contributed by atoms with Crippen LogP contribution in [0.5, 0.6) is 0 Å². The van der Waals surface area contributed by atoms with Crippen LogP contribution in [0.25, 0.3) is 0 Å². The summed E-state index contributed by atoms with van der Waals surface area (Å²) in [6.45, 7) is 7.97. The molecule has 0 fully saturated rings. The minimum atomic E-state index is -1.65. The number of carbonyl (C=O) groups excluding carboxylic acids is 2. The third-order valence-electron chi connectivity index (χ3n) is 5.05. The second kappa shape index (κ2) is 11.9. The van der Waals surface area contributed by atoms with Crippen LogP contribution in [-0.4, -0.2) is 52.8 Å². The summed E-state index contributed by atoms with van der Waals surface area (Å²) in [5, 5.41) is 28.8. The molecule has 8 nitrogen and oxygen atoms in total. The predicted octanol–water partition coefficient (Wildman–Crippen LogP) is 1.45. The zero-order chi connectivity index (χ0) is 23.0. The van der Waals surface area contributed by atoms with Gasteiger partial charge >= 0.3 is 7.12 Å². The molecule has 1 unspecified atom stereocenters. The summed E-state index contributed by atoms with van der Waals surface area (Å²) in [4.78, 5) is 30.5. The maximum Gasteiger partial charge on any atom is 0.475 e. The van der Waals surface area contributed by atoms with Crippen molar-refractivity contribution in [1.29, 1.82) is 0 Å². The van der Waals surface area contributed by atoms with Gasteiger partial charge in [-0.05, 0) is 30.2 Å². The van der Waals surface area contributed by atoms with Gasteiger partial charge in [-0.3, -0.25) is 9.59 Å². The van der Waals surface area contributed by atoms with E-state index >= 15 is 0 Å². The van der Waals surface area contributed by atoms with Crippen LogP contribution in [0.4, 0.5) is 0 Å². The van der Waals surface area contributed by atoms with Gasteiger partial charge in [-0.2, -0.15) is 0 Å². The standard InChI is InChI=1S/C22H34BN3O5/c1-14(2)10-17(24-21(27)12-16-8-6-5-7-9-16)18-13-19(31-26-18)22(28)25-20(23(29)30)11-15(3)4/h5-9,14-15,17,19-20,29-30H,10-13H2,1-4H3,(H,24,27)(H,25,28)/t17-,19?,20-/m0/s1. The van der Waals surface area contributed by atoms with E-state index in [4.69, 9.17) is 4.84 Å². The van der Waals surface area contributed by atoms with Gasteiger partial charge in [0.05, 0.1) is 24.1 Å². The predicted molar refractivity (Wildman–Crippen MR) is 120 cm³/mol. The van der Waals surface area contributed by atoms with E-state index in [1.807, 2.05) is 44.2 Å². The van der Waals surface area contributed by atoms with Gasteiger partial charge in [0, 0.05) is 6.42 Å². The summed E-state index contributed by atoms with van der Waals surface area (Å²) in [7, 11) is -1.65. The Kier molecular flexibility index (Phi) is 9.52. The molecule has 9 heteroatoms. The molecule has 1 aromatic rings. The smallest absolute Gasteiger partial charge is 0.426 e. The van der Waals surface area contributed by atoms with Gasteiger partial charge < -0.3 is 25.5 Å². The number of benzene rings is 1. The summed E-state index contributed by atoms with van der Waals surface area (Å²) in [5.74, 6) is -0.863. The van der Waals surface area contributed by atoms with Crippen molar-refractivity contribution in [3.8, 4) is 0 Å². The number of hydrogen-bond acceptors (Lipinski definition) is 6. The minimum Gasteiger partial charge on any atom is -0.426 e. The van der Waals surface area contributed by atoms with Crippen molar-refractivity contribution in [2.75, 3.05) is 0 Å². The average molecular weight is 431 g/mol. The number of nitrogens with one attached hydrogen (secondary N) is 2. The van der Waals surface area contributed by atoms with Gasteiger partial charge in [-0.25, -0.2) is 0 Å². The normalized spacial score (nSPS) is 17.7. The van der Waals surface area contributed by atoms with Crippen LogP contribution in [0.2, 0.25) is 0 Å². The summed E-state index contributed by atoms with van der Waals surface area (Å²) >= 11 is 0. The Morgan fingerprint density at radius 3 is 2.32 bits per heavy atom. The summed E-state index contributed by atoms with van der Waals surface area (Å²) < 4.78 is 0. The van der Waals surface area contributed by atoms with Gasteiger partial charge in [-0.1, -0.05) is 63.2 Å². The van der Waals surface area contributed by atoms with Crippen molar-refractivity contribution in [2.24, 2.45) is 17.0 Å². The molecule has 0 radical (unpaired) electrons. The van der Waals surface area contributed by atoms with Crippen LogP contribution < -0.4 is 10.6 Å². The number of hydrogen-bond donors (Lipinski definition) is 4. The summed E-state index contributed by atoms with van der Waals surface area (Å²) in [6, 6.07) is 9.15. The van der Waals surface area contributed by atoms with Crippen LogP contribution in [0.1, 0.15) is 52.5 Å². The van der Waals surface area contributed by atoms with E-state index in [1.54, 1.807) is 0 Å². The first-order valence-electron chi connectivity index (χ1n) is 10.9. The first kappa shape index (κ1) is 24.9. The Balaban J connectivity index is 1.97. The molecule has 1 aromatic carbocycles. The molecule has 2 amide bonds. The highest BCUT2D eigenvalue weighted by molar-refractivity contribution is 6.43. The molecule has 1 aliphatic rings. The van der Waals surface area contributed by atoms with Crippen molar-refractivity contribution in [3.05, 3.63) is 35.9 Å². The third-order valence-corrected chi connectivity index (χ3v) is 5.05. The zero-order valence-corrected chi connectivity index (χ0v) is 18.7. The van der Waals surface area contributed by atoms with Crippen LogP contribution in [0.3, 0.4) is 0 Å². The van der Waals surface area contributed by atoms with Crippen LogP contribution >= 0.6 is 0 Å². The van der Waals surface area contributed by atoms with Crippen molar-refractivity contribution in [1.82, 2.24) is 10.6 Å². The molecule has 4 N–H and O–H groups in total. The van der Waals surface area contributed by atoms with Gasteiger partial charge in [0.15, 0.2) is 0 Å². The maximum absolute atomic E-state index is 12.6. The van der Waals surface area contributed by atoms with E-state index in [9.17, 15) is 19.6 Å². The van der Waals surface area contributed by atoms with E-state index in [0.717, 1.165) is 5.56 Å². The van der Waals surface area contributed by atoms with E-state index in [-0.39, 0.29) is 30.7 Å². The zero-order valence-electron chi connectivity index (χ0n) is 18.7. The van der Waals surface area contributed by atoms with Gasteiger partial charge in [0.25, 0.3) is 5.91 Å². The molecule has 1 aliphatic heterocycles. The van der Waals surface area contributed by atoms with Crippen molar-refractivity contribution < 1.29 is 24.5 Å². The number of rotatable bonds is 11. The van der Waals surface area contributed by atoms with Crippen LogP contribution in [0, 0.1) is 11.8 Å². The molecule has 0 aromatic heterocycles. The fourth-order valence-electron chi connectivity index (χ4n) is 3.56. The lowest BCUT2D eigenvalue weighted by Gasteiger charge is -2.22. The van der Waals surface area contributed by atoms with Crippen molar-refractivity contribution in [3.63, 3.8) is 0 Å². The largest absolute Gasteiger partial charge is 0.475 e. The Hall–Kier alpha value is -2.39. The molecule has 3 atom stereocenters. The lowest BCUT2D eigenvalue weighted by molar-refractivity contribution is -0.131. The van der Waals surface area contributed by atoms with Crippen LogP contribution in [0.15, 0.2) is 35.5 Å². The fourth-order valence-corrected chi connectivity index (χ4v) is 3.56. The topological polar surface area (TPSA) is 120 Å². The van der Waals surface area contributed by atoms with E-state index in [1.165, 1.54) is 0 Å². The van der Waals surface area contributed by atoms with E-state index < -0.39 is 25.1 Å². The quantitative estimate of drug-likeness (QED) is 0.396. The molecule has 0 saturated heterocycles. The van der Waals surface area contributed by atoms with Crippen molar-refractivity contribution >= 4 is 24.6 Å². The Bertz CT molecular complexity index is 755. The number of nitrogens with zero attached hydrogens (tertiary/aromatic N) is 1. The van der Waals surface area contributed by atoms with Crippen molar-refractivity contribution in [2.45, 2.75) is 71.5 Å². The highest BCUT2D eigenvalue weighted by atomic mass is 16.6. The molecule has 0 spiro atoms. The van der Waals surface area contributed by atoms with E-state index in [2.05, 4.69) is 29.6 Å². The Morgan fingerprint density at radius 2 is 1.74 bits per heavy atom. The molecule has 2 rings (SSSR count). The third kappa shape index (κ3) is 8.34. The van der Waals surface area contributed by atoms with E-state index in [0.29, 0.717) is 24.5 Å². The van der Waals surface area contributed by atoms with Gasteiger partial charge in [0.2, 0.25) is 12.0 Å². The SMILES string of the molecule is CC(C)C[C@H](NC(=O)C1CC([C@H](CC(C)C)NC(=O)Cc2ccccc2)=NO1)B(O)O. The second-order valence-electron chi connectivity index (χ2n) is 8.95. The minimum absolute atomic E-state index is 0.118. The van der Waals surface area contributed by atoms with Gasteiger partial charge in [-0.15, -0.1) is 0 Å². The number of oxime groups is 1. The first-order chi connectivity index (χ1) is 14.7. The molecule has 0 saturated carbocycles. The van der Waals surface area contributed by atoms with Crippen LogP contribution in [-0.2, 0) is 20.8 Å².